The van der Waals surface area contributed by atoms with Gasteiger partial charge in [-0.25, -0.2) is 0 Å². The van der Waals surface area contributed by atoms with E-state index in [0.29, 0.717) is 23.4 Å². The molecule has 6 nitrogen and oxygen atoms in total. The number of anilines is 1. The molecule has 0 saturated carbocycles. The first kappa shape index (κ1) is 14.4. The van der Waals surface area contributed by atoms with Crippen LogP contribution in [0.4, 0.5) is 5.69 Å². The molecule has 1 N–H and O–H groups in total. The highest BCUT2D eigenvalue weighted by Crippen LogP contribution is 2.17. The normalized spacial score (nSPS) is 10.3. The van der Waals surface area contributed by atoms with Gasteiger partial charge in [-0.2, -0.15) is 0 Å². The van der Waals surface area contributed by atoms with E-state index in [1.807, 2.05) is 30.3 Å². The Labute approximate surface area is 121 Å². The predicted molar refractivity (Wildman–Crippen MR) is 77.5 cm³/mol. The van der Waals surface area contributed by atoms with Gasteiger partial charge in [0.05, 0.1) is 12.3 Å². The zero-order chi connectivity index (χ0) is 14.4. The first-order valence-electron chi connectivity index (χ1n) is 6.09. The number of rotatable bonds is 6. The summed E-state index contributed by atoms with van der Waals surface area (Å²) in [6.45, 7) is 0.458. The number of nitrogens with one attached hydrogen (secondary N) is 1. The molecule has 0 bridgehead atoms. The summed E-state index contributed by atoms with van der Waals surface area (Å²) in [5.41, 5.74) is 0.989. The summed E-state index contributed by atoms with van der Waals surface area (Å²) in [5.74, 6) is 0.798. The maximum atomic E-state index is 11.4. The van der Waals surface area contributed by atoms with Crippen molar-refractivity contribution in [2.45, 2.75) is 11.8 Å². The molecule has 1 heterocycles. The third kappa shape index (κ3) is 4.27. The lowest BCUT2D eigenvalue weighted by Crippen LogP contribution is -2.23. The van der Waals surface area contributed by atoms with Crippen molar-refractivity contribution in [2.24, 2.45) is 0 Å². The minimum atomic E-state index is 0.0113. The van der Waals surface area contributed by atoms with E-state index in [9.17, 15) is 4.79 Å². The number of thioether (sulfide) groups is 1. The number of hydrogen-bond acceptors (Lipinski definition) is 6. The molecule has 7 heteroatoms. The van der Waals surface area contributed by atoms with Crippen LogP contribution in [-0.4, -0.2) is 40.9 Å². The Hall–Kier alpha value is -2.02. The highest BCUT2D eigenvalue weighted by molar-refractivity contribution is 7.99. The van der Waals surface area contributed by atoms with Gasteiger partial charge >= 0.3 is 0 Å². The lowest BCUT2D eigenvalue weighted by Gasteiger charge is -2.07. The minimum Gasteiger partial charge on any atom is -0.414 e. The molecular weight excluding hydrogens is 276 g/mol. The summed E-state index contributed by atoms with van der Waals surface area (Å²) >= 11 is 1.24. The van der Waals surface area contributed by atoms with Crippen LogP contribution in [0.25, 0.3) is 0 Å². The van der Waals surface area contributed by atoms with Crippen LogP contribution in [-0.2, 0) is 11.3 Å². The van der Waals surface area contributed by atoms with Crippen molar-refractivity contribution in [1.29, 1.82) is 0 Å². The zero-order valence-electron chi connectivity index (χ0n) is 11.4. The van der Waals surface area contributed by atoms with Crippen molar-refractivity contribution in [3.63, 3.8) is 0 Å². The van der Waals surface area contributed by atoms with Gasteiger partial charge in [0.1, 0.15) is 0 Å². The van der Waals surface area contributed by atoms with Crippen LogP contribution < -0.4 is 5.32 Å². The van der Waals surface area contributed by atoms with Crippen molar-refractivity contribution in [2.75, 3.05) is 25.2 Å². The monoisotopic (exact) mass is 292 g/mol. The largest absolute Gasteiger partial charge is 0.414 e. The second kappa shape index (κ2) is 6.95. The second-order valence-corrected chi connectivity index (χ2v) is 5.18. The van der Waals surface area contributed by atoms with Crippen LogP contribution in [0.15, 0.2) is 40.0 Å². The Balaban J connectivity index is 1.82. The van der Waals surface area contributed by atoms with E-state index in [0.717, 1.165) is 5.69 Å². The van der Waals surface area contributed by atoms with Crippen LogP contribution in [0.2, 0.25) is 0 Å². The Morgan fingerprint density at radius 3 is 2.75 bits per heavy atom. The number of carbonyl (C=O) groups excluding carboxylic acids is 1. The quantitative estimate of drug-likeness (QED) is 0.819. The van der Waals surface area contributed by atoms with Crippen LogP contribution >= 0.6 is 11.8 Å². The van der Waals surface area contributed by atoms with Crippen molar-refractivity contribution < 1.29 is 9.21 Å². The molecule has 0 fully saturated rings. The average Bonchev–Trinajstić information content (AvgIpc) is 2.91. The number of amides is 1. The number of carbonyl (C=O) groups is 1. The van der Waals surface area contributed by atoms with E-state index in [-0.39, 0.29) is 5.91 Å². The Morgan fingerprint density at radius 1 is 1.30 bits per heavy atom. The molecular formula is C13H16N4O2S. The number of benzene rings is 1. The fraction of sp³-hybridized carbons (Fsp3) is 0.308. The number of aromatic nitrogens is 2. The standard InChI is InChI=1S/C13H16N4O2S/c1-17(2)12(18)9-20-13-16-15-11(19-13)8-14-10-6-4-3-5-7-10/h3-7,14H,8-9H2,1-2H3. The summed E-state index contributed by atoms with van der Waals surface area (Å²) in [6.07, 6.45) is 0. The van der Waals surface area contributed by atoms with Gasteiger partial charge in [-0.05, 0) is 12.1 Å². The van der Waals surface area contributed by atoms with Gasteiger partial charge in [0.2, 0.25) is 11.8 Å². The molecule has 2 rings (SSSR count). The highest BCUT2D eigenvalue weighted by atomic mass is 32.2. The first-order chi connectivity index (χ1) is 9.65. The highest BCUT2D eigenvalue weighted by Gasteiger charge is 2.10. The number of para-hydroxylation sites is 1. The molecule has 0 aliphatic heterocycles. The van der Waals surface area contributed by atoms with Crippen molar-refractivity contribution in [1.82, 2.24) is 15.1 Å². The van der Waals surface area contributed by atoms with Gasteiger partial charge in [-0.1, -0.05) is 30.0 Å². The molecule has 0 unspecified atom stereocenters. The summed E-state index contributed by atoms with van der Waals surface area (Å²) in [5, 5.41) is 11.4. The van der Waals surface area contributed by atoms with E-state index in [2.05, 4.69) is 15.5 Å². The molecule has 0 aliphatic rings. The lowest BCUT2D eigenvalue weighted by atomic mass is 10.3. The smallest absolute Gasteiger partial charge is 0.277 e. The first-order valence-corrected chi connectivity index (χ1v) is 7.08. The average molecular weight is 292 g/mol. The van der Waals surface area contributed by atoms with Crippen LogP contribution in [0.1, 0.15) is 5.89 Å². The summed E-state index contributed by atoms with van der Waals surface area (Å²) in [6, 6.07) is 9.77. The molecule has 0 radical (unpaired) electrons. The van der Waals surface area contributed by atoms with Crippen molar-refractivity contribution in [3.8, 4) is 0 Å². The van der Waals surface area contributed by atoms with E-state index in [1.165, 1.54) is 16.7 Å². The fourth-order valence-electron chi connectivity index (χ4n) is 1.35. The van der Waals surface area contributed by atoms with Crippen molar-refractivity contribution >= 4 is 23.4 Å². The topological polar surface area (TPSA) is 71.3 Å². The van der Waals surface area contributed by atoms with Gasteiger partial charge in [0.25, 0.3) is 5.22 Å². The summed E-state index contributed by atoms with van der Waals surface area (Å²) in [4.78, 5) is 13.0. The Morgan fingerprint density at radius 2 is 2.05 bits per heavy atom. The molecule has 0 saturated heterocycles. The Bertz CT molecular complexity index is 557. The van der Waals surface area contributed by atoms with Gasteiger partial charge in [-0.3, -0.25) is 4.79 Å². The number of hydrogen-bond donors (Lipinski definition) is 1. The minimum absolute atomic E-state index is 0.0113. The molecule has 1 aromatic carbocycles. The fourth-order valence-corrected chi connectivity index (χ4v) is 2.11. The molecule has 1 amide bonds. The molecule has 2 aromatic rings. The molecule has 0 spiro atoms. The van der Waals surface area contributed by atoms with E-state index in [1.54, 1.807) is 14.1 Å². The maximum absolute atomic E-state index is 11.4. The Kier molecular flexibility index (Phi) is 5.00. The van der Waals surface area contributed by atoms with Crippen LogP contribution in [0.5, 0.6) is 0 Å². The molecule has 0 aliphatic carbocycles. The predicted octanol–water partition coefficient (Wildman–Crippen LogP) is 1.86. The van der Waals surface area contributed by atoms with E-state index < -0.39 is 0 Å². The number of nitrogens with zero attached hydrogens (tertiary/aromatic N) is 3. The van der Waals surface area contributed by atoms with E-state index in [4.69, 9.17) is 4.42 Å². The SMILES string of the molecule is CN(C)C(=O)CSc1nnc(CNc2ccccc2)o1. The summed E-state index contributed by atoms with van der Waals surface area (Å²) < 4.78 is 5.44. The van der Waals surface area contributed by atoms with Gasteiger partial charge in [-0.15, -0.1) is 10.2 Å². The van der Waals surface area contributed by atoms with E-state index >= 15 is 0 Å². The molecule has 106 valence electrons. The summed E-state index contributed by atoms with van der Waals surface area (Å²) in [7, 11) is 3.43. The molecule has 1 aromatic heterocycles. The zero-order valence-corrected chi connectivity index (χ0v) is 12.2. The third-order valence-electron chi connectivity index (χ3n) is 2.48. The van der Waals surface area contributed by atoms with Gasteiger partial charge in [0, 0.05) is 19.8 Å². The molecule has 20 heavy (non-hydrogen) atoms. The second-order valence-electron chi connectivity index (χ2n) is 4.26. The lowest BCUT2D eigenvalue weighted by molar-refractivity contribution is -0.125. The van der Waals surface area contributed by atoms with Crippen LogP contribution in [0, 0.1) is 0 Å². The third-order valence-corrected chi connectivity index (χ3v) is 3.29. The van der Waals surface area contributed by atoms with Crippen molar-refractivity contribution in [3.05, 3.63) is 36.2 Å². The molecule has 0 atom stereocenters. The van der Waals surface area contributed by atoms with Gasteiger partial charge in [0.15, 0.2) is 0 Å². The van der Waals surface area contributed by atoms with Gasteiger partial charge < -0.3 is 14.6 Å². The maximum Gasteiger partial charge on any atom is 0.277 e. The van der Waals surface area contributed by atoms with Crippen LogP contribution in [0.3, 0.4) is 0 Å².